The van der Waals surface area contributed by atoms with Crippen molar-refractivity contribution in [2.75, 3.05) is 7.11 Å². The monoisotopic (exact) mass is 694 g/mol. The van der Waals surface area contributed by atoms with Crippen LogP contribution in [0.3, 0.4) is 0 Å². The average molecular weight is 695 g/mol. The maximum atomic E-state index is 14.0. The van der Waals surface area contributed by atoms with Crippen LogP contribution in [0.1, 0.15) is 102 Å². The Morgan fingerprint density at radius 2 is 1.78 bits per heavy atom. The number of methoxy groups -OCH3 is 1. The molecule has 1 spiro atoms. The number of phenols is 1. The molecular formula is C41H58O9. The van der Waals surface area contributed by atoms with Gasteiger partial charge in [-0.25, -0.2) is 4.79 Å². The van der Waals surface area contributed by atoms with Crippen LogP contribution in [0.25, 0.3) is 5.57 Å². The van der Waals surface area contributed by atoms with Gasteiger partial charge < -0.3 is 38.6 Å². The molecule has 0 saturated carbocycles. The molecule has 2 fully saturated rings. The van der Waals surface area contributed by atoms with Crippen LogP contribution in [0.4, 0.5) is 0 Å². The van der Waals surface area contributed by atoms with Gasteiger partial charge in [-0.3, -0.25) is 0 Å². The molecule has 1 aromatic carbocycles. The summed E-state index contributed by atoms with van der Waals surface area (Å²) in [4.78, 5) is 14.0. The number of phenolic OH excluding ortho intramolecular Hbond substituents is 1. The van der Waals surface area contributed by atoms with Gasteiger partial charge in [0.2, 0.25) is 0 Å². The van der Waals surface area contributed by atoms with Crippen molar-refractivity contribution < 1.29 is 43.4 Å². The molecule has 9 nitrogen and oxygen atoms in total. The van der Waals surface area contributed by atoms with Gasteiger partial charge in [0.1, 0.15) is 18.0 Å². The number of carbonyl (C=O) groups is 1. The molecule has 276 valence electrons. The summed E-state index contributed by atoms with van der Waals surface area (Å²) in [6.07, 6.45) is 11.8. The molecule has 0 aliphatic carbocycles. The lowest BCUT2D eigenvalue weighted by atomic mass is 9.86. The third-order valence-electron chi connectivity index (χ3n) is 11.0. The molecule has 2 bridgehead atoms. The maximum absolute atomic E-state index is 14.0. The molecule has 9 heteroatoms. The number of ether oxygens (including phenoxy) is 6. The van der Waals surface area contributed by atoms with Crippen LogP contribution in [-0.4, -0.2) is 78.1 Å². The van der Waals surface area contributed by atoms with Gasteiger partial charge in [0, 0.05) is 38.2 Å². The highest BCUT2D eigenvalue weighted by atomic mass is 16.7. The van der Waals surface area contributed by atoms with Crippen LogP contribution in [0.5, 0.6) is 5.75 Å². The van der Waals surface area contributed by atoms with Crippen LogP contribution in [0, 0.1) is 24.7 Å². The number of esters is 1. The molecular weight excluding hydrogens is 636 g/mol. The molecule has 2 saturated heterocycles. The number of benzene rings is 1. The number of hydrogen-bond acceptors (Lipinski definition) is 9. The van der Waals surface area contributed by atoms with Gasteiger partial charge in [-0.15, -0.1) is 0 Å². The van der Waals surface area contributed by atoms with Crippen molar-refractivity contribution in [1.29, 1.82) is 0 Å². The smallest absolute Gasteiger partial charge is 0.339 e. The first kappa shape index (κ1) is 38.4. The predicted octanol–water partition coefficient (Wildman–Crippen LogP) is 7.58. The third kappa shape index (κ3) is 8.63. The Hall–Kier alpha value is -2.79. The molecule has 5 rings (SSSR count). The second kappa shape index (κ2) is 16.3. The highest BCUT2D eigenvalue weighted by molar-refractivity contribution is 5.96. The summed E-state index contributed by atoms with van der Waals surface area (Å²) < 4.78 is 38.3. The summed E-state index contributed by atoms with van der Waals surface area (Å²) in [7, 11) is 1.60. The van der Waals surface area contributed by atoms with Crippen molar-refractivity contribution in [2.24, 2.45) is 17.8 Å². The Morgan fingerprint density at radius 1 is 1.02 bits per heavy atom. The largest absolute Gasteiger partial charge is 0.508 e. The van der Waals surface area contributed by atoms with E-state index in [2.05, 4.69) is 52.8 Å². The second-order valence-corrected chi connectivity index (χ2v) is 15.0. The SMILES string of the molecule is CC[C@H](C)[C@H]1O[C@]2(C=C[C@@H]1C)C[C@@H]1C[C@@H](C/C=C(\C)[C@@H](O[C@H]3C[C@H](OC)[C@@H](O)[C@H](C)O3)[C@@H](C)/C=C\C=C(/C)c3cc(O)c(C)cc3C(=O)O1)O2. The number of aromatic hydroxyl groups is 1. The Bertz CT molecular complexity index is 1480. The fraction of sp³-hybridized carbons (Fsp3) is 0.634. The number of allylic oxidation sites excluding steroid dienone is 3. The van der Waals surface area contributed by atoms with Crippen LogP contribution >= 0.6 is 0 Å². The first-order chi connectivity index (χ1) is 23.7. The molecule has 4 heterocycles. The molecule has 4 aliphatic heterocycles. The summed E-state index contributed by atoms with van der Waals surface area (Å²) in [6.45, 7) is 16.2. The summed E-state index contributed by atoms with van der Waals surface area (Å²) >= 11 is 0. The Kier molecular flexibility index (Phi) is 12.5. The van der Waals surface area contributed by atoms with Gasteiger partial charge in [-0.1, -0.05) is 64.5 Å². The Balaban J connectivity index is 1.54. The minimum atomic E-state index is -1.03. The zero-order valence-electron chi connectivity index (χ0n) is 31.3. The van der Waals surface area contributed by atoms with Crippen molar-refractivity contribution in [3.05, 3.63) is 70.9 Å². The lowest BCUT2D eigenvalue weighted by Gasteiger charge is -2.48. The fourth-order valence-corrected chi connectivity index (χ4v) is 7.69. The molecule has 50 heavy (non-hydrogen) atoms. The molecule has 0 unspecified atom stereocenters. The maximum Gasteiger partial charge on any atom is 0.339 e. The minimum absolute atomic E-state index is 0.0351. The summed E-state index contributed by atoms with van der Waals surface area (Å²) in [5.41, 5.74) is 3.43. The first-order valence-electron chi connectivity index (χ1n) is 18.4. The van der Waals surface area contributed by atoms with E-state index in [0.29, 0.717) is 48.3 Å². The van der Waals surface area contributed by atoms with Crippen molar-refractivity contribution in [3.63, 3.8) is 0 Å². The first-order valence-corrected chi connectivity index (χ1v) is 18.4. The van der Waals surface area contributed by atoms with Gasteiger partial charge in [-0.2, -0.15) is 0 Å². The van der Waals surface area contributed by atoms with Crippen LogP contribution in [0.2, 0.25) is 0 Å². The molecule has 0 amide bonds. The third-order valence-corrected chi connectivity index (χ3v) is 11.0. The normalized spacial score (nSPS) is 40.2. The zero-order chi connectivity index (χ0) is 36.3. The van der Waals surface area contributed by atoms with Crippen LogP contribution in [-0.2, 0) is 28.4 Å². The zero-order valence-corrected chi connectivity index (χ0v) is 31.3. The van der Waals surface area contributed by atoms with Gasteiger partial charge in [0.05, 0.1) is 36.1 Å². The van der Waals surface area contributed by atoms with Crippen LogP contribution in [0.15, 0.2) is 54.2 Å². The second-order valence-electron chi connectivity index (χ2n) is 15.0. The highest BCUT2D eigenvalue weighted by Gasteiger charge is 2.47. The summed E-state index contributed by atoms with van der Waals surface area (Å²) in [5.74, 6) is -0.880. The van der Waals surface area contributed by atoms with E-state index in [0.717, 1.165) is 17.6 Å². The van der Waals surface area contributed by atoms with Crippen molar-refractivity contribution in [1.82, 2.24) is 0 Å². The number of aliphatic hydroxyl groups is 1. The summed E-state index contributed by atoms with van der Waals surface area (Å²) in [5, 5.41) is 21.2. The average Bonchev–Trinajstić information content (AvgIpc) is 3.08. The van der Waals surface area contributed by atoms with E-state index < -0.39 is 42.5 Å². The van der Waals surface area contributed by atoms with Crippen LogP contribution < -0.4 is 0 Å². The van der Waals surface area contributed by atoms with E-state index >= 15 is 0 Å². The number of carbonyl (C=O) groups excluding carboxylic acids is 1. The molecule has 2 N–H and O–H groups in total. The highest BCUT2D eigenvalue weighted by Crippen LogP contribution is 2.42. The lowest BCUT2D eigenvalue weighted by molar-refractivity contribution is -0.298. The van der Waals surface area contributed by atoms with E-state index in [1.54, 1.807) is 26.2 Å². The summed E-state index contributed by atoms with van der Waals surface area (Å²) in [6, 6.07) is 3.34. The molecule has 1 aromatic rings. The number of aryl methyl sites for hydroxylation is 1. The quantitative estimate of drug-likeness (QED) is 0.238. The number of hydrogen-bond donors (Lipinski definition) is 2. The van der Waals surface area contributed by atoms with Gasteiger partial charge in [0.15, 0.2) is 12.1 Å². The van der Waals surface area contributed by atoms with E-state index in [1.165, 1.54) is 0 Å². The number of rotatable bonds is 5. The predicted molar refractivity (Wildman–Crippen MR) is 192 cm³/mol. The fourth-order valence-electron chi connectivity index (χ4n) is 7.69. The Morgan fingerprint density at radius 3 is 2.50 bits per heavy atom. The standard InChI is InChI=1S/C41H58O9/c1-10-23(2)39-27(6)16-17-41(50-39)22-31-19-30(49-41)15-14-26(5)38(48-36-21-35(45-9)37(43)29(8)46-36)25(4)13-11-12-24(3)32-20-34(42)28(7)18-33(32)40(44)47-31/h11-14,16-18,20,23,25,27,29-31,35-39,42-43H,10,15,19,21-22H2,1-9H3/b13-11-,24-12+,26-14+/t23-,25-,27-,29-,30+,31-,35-,36-,37-,38-,39+,41+/m0/s1. The molecule has 12 atom stereocenters. The minimum Gasteiger partial charge on any atom is -0.508 e. The van der Waals surface area contributed by atoms with Gasteiger partial charge in [-0.05, 0) is 80.5 Å². The topological polar surface area (TPSA) is 113 Å². The van der Waals surface area contributed by atoms with E-state index in [-0.39, 0.29) is 35.9 Å². The van der Waals surface area contributed by atoms with E-state index in [9.17, 15) is 15.0 Å². The van der Waals surface area contributed by atoms with Crippen molar-refractivity contribution in [2.45, 2.75) is 142 Å². The Labute approximate surface area is 298 Å². The van der Waals surface area contributed by atoms with Crippen molar-refractivity contribution in [3.8, 4) is 5.75 Å². The van der Waals surface area contributed by atoms with E-state index in [4.69, 9.17) is 28.4 Å². The molecule has 4 aliphatic rings. The van der Waals surface area contributed by atoms with Gasteiger partial charge in [0.25, 0.3) is 0 Å². The molecule has 0 radical (unpaired) electrons. The van der Waals surface area contributed by atoms with Crippen molar-refractivity contribution >= 4 is 11.5 Å². The van der Waals surface area contributed by atoms with E-state index in [1.807, 2.05) is 32.1 Å². The number of fused-ring (bicyclic) bond motifs is 3. The molecule has 0 aromatic heterocycles. The lowest BCUT2D eigenvalue weighted by Crippen LogP contribution is -2.53. The van der Waals surface area contributed by atoms with Gasteiger partial charge >= 0.3 is 5.97 Å². The number of aliphatic hydroxyl groups excluding tert-OH is 1.